The van der Waals surface area contributed by atoms with Crippen LogP contribution in [0.5, 0.6) is 5.75 Å². The van der Waals surface area contributed by atoms with Crippen molar-refractivity contribution < 1.29 is 4.74 Å². The predicted octanol–water partition coefficient (Wildman–Crippen LogP) is 4.63. The van der Waals surface area contributed by atoms with E-state index in [1.54, 1.807) is 18.2 Å². The number of rotatable bonds is 5. The van der Waals surface area contributed by atoms with Gasteiger partial charge in [-0.15, -0.1) is 0 Å². The fraction of sp³-hybridized carbons (Fsp3) is 0.176. The van der Waals surface area contributed by atoms with Crippen LogP contribution in [0, 0.1) is 22.7 Å². The molecule has 0 atom stereocenters. The summed E-state index contributed by atoms with van der Waals surface area (Å²) in [6.45, 7) is 2.73. The second kappa shape index (κ2) is 7.56. The third-order valence-electron chi connectivity index (χ3n) is 2.83. The van der Waals surface area contributed by atoms with Gasteiger partial charge in [0.15, 0.2) is 0 Å². The van der Waals surface area contributed by atoms with Gasteiger partial charge in [-0.05, 0) is 48.9 Å². The van der Waals surface area contributed by atoms with Crippen molar-refractivity contribution in [1.29, 1.82) is 10.5 Å². The highest BCUT2D eigenvalue weighted by molar-refractivity contribution is 5.53. The summed E-state index contributed by atoms with van der Waals surface area (Å²) in [5, 5.41) is 26.0. The molecular weight excluding hydrogens is 276 g/mol. The second-order valence-corrected chi connectivity index (χ2v) is 4.50. The van der Waals surface area contributed by atoms with Gasteiger partial charge >= 0.3 is 0 Å². The number of ether oxygens (including phenoxy) is 1. The van der Waals surface area contributed by atoms with Gasteiger partial charge in [0.1, 0.15) is 17.9 Å². The molecule has 2 aromatic carbocycles. The van der Waals surface area contributed by atoms with Gasteiger partial charge in [-0.1, -0.05) is 6.92 Å². The van der Waals surface area contributed by atoms with Gasteiger partial charge in [0.2, 0.25) is 0 Å². The monoisotopic (exact) mass is 290 g/mol. The van der Waals surface area contributed by atoms with E-state index in [0.29, 0.717) is 29.1 Å². The van der Waals surface area contributed by atoms with Gasteiger partial charge in [0.25, 0.3) is 0 Å². The highest BCUT2D eigenvalue weighted by Crippen LogP contribution is 2.23. The molecule has 0 fully saturated rings. The van der Waals surface area contributed by atoms with Crippen molar-refractivity contribution in [2.45, 2.75) is 13.3 Å². The summed E-state index contributed by atoms with van der Waals surface area (Å²) < 4.78 is 5.49. The first-order valence-electron chi connectivity index (χ1n) is 6.85. The average molecular weight is 290 g/mol. The quantitative estimate of drug-likeness (QED) is 0.752. The fourth-order valence-electron chi connectivity index (χ4n) is 1.73. The van der Waals surface area contributed by atoms with E-state index < -0.39 is 0 Å². The SMILES string of the molecule is CCCOc1ccc(N=Nc2ccc(C#N)c(C#N)c2)cc1. The summed E-state index contributed by atoms with van der Waals surface area (Å²) in [6, 6.07) is 16.0. The fourth-order valence-corrected chi connectivity index (χ4v) is 1.73. The minimum atomic E-state index is 0.294. The van der Waals surface area contributed by atoms with Crippen molar-refractivity contribution in [3.63, 3.8) is 0 Å². The maximum absolute atomic E-state index is 8.97. The Morgan fingerprint density at radius 3 is 2.18 bits per heavy atom. The predicted molar refractivity (Wildman–Crippen MR) is 82.3 cm³/mol. The molecule has 5 nitrogen and oxygen atoms in total. The highest BCUT2D eigenvalue weighted by Gasteiger charge is 2.02. The molecule has 108 valence electrons. The van der Waals surface area contributed by atoms with Crippen molar-refractivity contribution in [2.75, 3.05) is 6.61 Å². The lowest BCUT2D eigenvalue weighted by atomic mass is 10.1. The number of benzene rings is 2. The van der Waals surface area contributed by atoms with Crippen LogP contribution >= 0.6 is 0 Å². The van der Waals surface area contributed by atoms with Crippen LogP contribution < -0.4 is 4.74 Å². The molecule has 22 heavy (non-hydrogen) atoms. The molecule has 0 heterocycles. The molecule has 2 rings (SSSR count). The summed E-state index contributed by atoms with van der Waals surface area (Å²) in [6.07, 6.45) is 0.960. The van der Waals surface area contributed by atoms with E-state index in [1.165, 1.54) is 0 Å². The van der Waals surface area contributed by atoms with E-state index in [9.17, 15) is 0 Å². The zero-order chi connectivity index (χ0) is 15.8. The molecule has 0 spiro atoms. The lowest BCUT2D eigenvalue weighted by Gasteiger charge is -2.03. The molecule has 0 radical (unpaired) electrons. The van der Waals surface area contributed by atoms with Crippen LogP contribution in [-0.2, 0) is 0 Å². The molecule has 0 aromatic heterocycles. The van der Waals surface area contributed by atoms with Crippen LogP contribution in [0.4, 0.5) is 11.4 Å². The Labute approximate surface area is 129 Å². The molecular formula is C17H14N4O. The third-order valence-corrected chi connectivity index (χ3v) is 2.83. The van der Waals surface area contributed by atoms with Crippen molar-refractivity contribution in [2.24, 2.45) is 10.2 Å². The molecule has 0 aliphatic heterocycles. The summed E-state index contributed by atoms with van der Waals surface area (Å²) >= 11 is 0. The molecule has 0 saturated heterocycles. The Balaban J connectivity index is 2.12. The van der Waals surface area contributed by atoms with Gasteiger partial charge in [0, 0.05) is 0 Å². The van der Waals surface area contributed by atoms with Crippen LogP contribution in [0.1, 0.15) is 24.5 Å². The molecule has 2 aromatic rings. The van der Waals surface area contributed by atoms with Gasteiger partial charge in [-0.2, -0.15) is 20.8 Å². The van der Waals surface area contributed by atoms with E-state index in [0.717, 1.165) is 12.2 Å². The Kier molecular flexibility index (Phi) is 5.23. The number of hydrogen-bond donors (Lipinski definition) is 0. The molecule has 0 saturated carbocycles. The molecule has 5 heteroatoms. The standard InChI is InChI=1S/C17H14N4O/c1-2-9-22-17-7-5-15(6-8-17)20-21-16-4-3-13(11-18)14(10-16)12-19/h3-8,10H,2,9H2,1H3. The first kappa shape index (κ1) is 15.2. The number of azo groups is 1. The summed E-state index contributed by atoms with van der Waals surface area (Å²) in [5.41, 5.74) is 1.84. The van der Waals surface area contributed by atoms with Crippen LogP contribution in [-0.4, -0.2) is 6.61 Å². The maximum atomic E-state index is 8.97. The topological polar surface area (TPSA) is 81.5 Å². The summed E-state index contributed by atoms with van der Waals surface area (Å²) in [5.74, 6) is 0.797. The van der Waals surface area contributed by atoms with Gasteiger partial charge in [-0.25, -0.2) is 0 Å². The molecule has 0 amide bonds. The van der Waals surface area contributed by atoms with Crippen molar-refractivity contribution in [3.8, 4) is 17.9 Å². The van der Waals surface area contributed by atoms with Crippen LogP contribution in [0.25, 0.3) is 0 Å². The minimum absolute atomic E-state index is 0.294. The van der Waals surface area contributed by atoms with Crippen molar-refractivity contribution in [3.05, 3.63) is 53.6 Å². The second-order valence-electron chi connectivity index (χ2n) is 4.50. The smallest absolute Gasteiger partial charge is 0.119 e. The Morgan fingerprint density at radius 1 is 0.909 bits per heavy atom. The molecule has 0 N–H and O–H groups in total. The molecule has 0 unspecified atom stereocenters. The molecule has 0 aliphatic carbocycles. The lowest BCUT2D eigenvalue weighted by Crippen LogP contribution is -1.93. The van der Waals surface area contributed by atoms with Crippen LogP contribution in [0.15, 0.2) is 52.7 Å². The average Bonchev–Trinajstić information content (AvgIpc) is 2.58. The van der Waals surface area contributed by atoms with Crippen LogP contribution in [0.2, 0.25) is 0 Å². The van der Waals surface area contributed by atoms with Gasteiger partial charge < -0.3 is 4.74 Å². The van der Waals surface area contributed by atoms with Crippen molar-refractivity contribution >= 4 is 11.4 Å². The summed E-state index contributed by atoms with van der Waals surface area (Å²) in [4.78, 5) is 0. The highest BCUT2D eigenvalue weighted by atomic mass is 16.5. The first-order valence-corrected chi connectivity index (χ1v) is 6.85. The Hall–Kier alpha value is -3.18. The van der Waals surface area contributed by atoms with Crippen LogP contribution in [0.3, 0.4) is 0 Å². The van der Waals surface area contributed by atoms with E-state index in [1.807, 2.05) is 36.4 Å². The lowest BCUT2D eigenvalue weighted by molar-refractivity contribution is 0.317. The number of nitrogens with zero attached hydrogens (tertiary/aromatic N) is 4. The number of hydrogen-bond acceptors (Lipinski definition) is 5. The van der Waals surface area contributed by atoms with E-state index in [4.69, 9.17) is 15.3 Å². The maximum Gasteiger partial charge on any atom is 0.119 e. The molecule has 0 aliphatic rings. The van der Waals surface area contributed by atoms with E-state index in [2.05, 4.69) is 17.2 Å². The Bertz CT molecular complexity index is 752. The number of nitriles is 2. The zero-order valence-corrected chi connectivity index (χ0v) is 12.2. The van der Waals surface area contributed by atoms with E-state index in [-0.39, 0.29) is 0 Å². The normalized spacial score (nSPS) is 10.1. The van der Waals surface area contributed by atoms with Crippen molar-refractivity contribution in [1.82, 2.24) is 0 Å². The largest absolute Gasteiger partial charge is 0.494 e. The zero-order valence-electron chi connectivity index (χ0n) is 12.2. The first-order chi connectivity index (χ1) is 10.8. The van der Waals surface area contributed by atoms with E-state index >= 15 is 0 Å². The molecule has 0 bridgehead atoms. The van der Waals surface area contributed by atoms with Gasteiger partial charge in [0.05, 0.1) is 29.1 Å². The Morgan fingerprint density at radius 2 is 1.55 bits per heavy atom. The third kappa shape index (κ3) is 3.91. The minimum Gasteiger partial charge on any atom is -0.494 e. The van der Waals surface area contributed by atoms with Gasteiger partial charge in [-0.3, -0.25) is 0 Å². The summed E-state index contributed by atoms with van der Waals surface area (Å²) in [7, 11) is 0.